The molecule has 1 heterocycles. The van der Waals surface area contributed by atoms with Gasteiger partial charge < -0.3 is 4.90 Å². The summed E-state index contributed by atoms with van der Waals surface area (Å²) in [5.74, 6) is 0. The van der Waals surface area contributed by atoms with E-state index in [0.29, 0.717) is 0 Å². The molecule has 12 rings (SSSR count). The lowest BCUT2D eigenvalue weighted by molar-refractivity contribution is 0.775. The van der Waals surface area contributed by atoms with Crippen LogP contribution in [-0.2, 0) is 5.41 Å². The monoisotopic (exact) mass is 767 g/mol. The predicted octanol–water partition coefficient (Wildman–Crippen LogP) is 15.9. The van der Waals surface area contributed by atoms with Gasteiger partial charge in [-0.1, -0.05) is 188 Å². The van der Waals surface area contributed by atoms with Crippen LogP contribution >= 0.6 is 11.3 Å². The standard InChI is InChI=1S/C57H37NS/c1-4-20-39(21-5-1)57(40-22-6-2-7-23-40)50-32-16-14-30-48(50)54-49(37-38-19-10-11-26-42(38)55(54)57)44-35-36-51(45-28-13-12-27-43(44)45)58(41-24-8-3-9-25-41)52-33-18-31-47-46-29-15-17-34-53(46)59-56(47)52/h1-37H. The average molecular weight is 768 g/mol. The lowest BCUT2D eigenvalue weighted by atomic mass is 9.66. The Morgan fingerprint density at radius 2 is 0.966 bits per heavy atom. The molecule has 0 fully saturated rings. The lowest BCUT2D eigenvalue weighted by Crippen LogP contribution is -2.28. The maximum atomic E-state index is 2.47. The Morgan fingerprint density at radius 1 is 0.373 bits per heavy atom. The molecule has 0 saturated heterocycles. The van der Waals surface area contributed by atoms with Crippen LogP contribution in [0.5, 0.6) is 0 Å². The molecule has 59 heavy (non-hydrogen) atoms. The van der Waals surface area contributed by atoms with Gasteiger partial charge in [0.05, 0.1) is 21.5 Å². The summed E-state index contributed by atoms with van der Waals surface area (Å²) in [6, 6.07) is 83.1. The highest BCUT2D eigenvalue weighted by atomic mass is 32.1. The number of thiophene rings is 1. The number of hydrogen-bond donors (Lipinski definition) is 0. The Kier molecular flexibility index (Phi) is 7.69. The van der Waals surface area contributed by atoms with Gasteiger partial charge in [-0.15, -0.1) is 11.3 Å². The molecule has 0 amide bonds. The van der Waals surface area contributed by atoms with E-state index < -0.39 is 5.41 Å². The number of anilines is 3. The molecule has 0 bridgehead atoms. The molecule has 2 heteroatoms. The van der Waals surface area contributed by atoms with Crippen molar-refractivity contribution in [2.24, 2.45) is 0 Å². The summed E-state index contributed by atoms with van der Waals surface area (Å²) in [6.07, 6.45) is 0. The van der Waals surface area contributed by atoms with Crippen LogP contribution in [0.15, 0.2) is 224 Å². The fourth-order valence-corrected chi connectivity index (χ4v) is 11.3. The summed E-state index contributed by atoms with van der Waals surface area (Å²) >= 11 is 1.87. The van der Waals surface area contributed by atoms with Gasteiger partial charge >= 0.3 is 0 Å². The van der Waals surface area contributed by atoms with Crippen molar-refractivity contribution in [1.29, 1.82) is 0 Å². The predicted molar refractivity (Wildman–Crippen MR) is 252 cm³/mol. The molecule has 0 saturated carbocycles. The van der Waals surface area contributed by atoms with Crippen LogP contribution in [0.25, 0.3) is 64.0 Å². The Labute approximate surface area is 347 Å². The minimum atomic E-state index is -0.521. The van der Waals surface area contributed by atoms with Crippen molar-refractivity contribution in [2.45, 2.75) is 5.41 Å². The molecule has 0 atom stereocenters. The molecule has 0 radical (unpaired) electrons. The fraction of sp³-hybridized carbons (Fsp3) is 0.0175. The first kappa shape index (κ1) is 33.8. The SMILES string of the molecule is c1ccc(N(c2ccc(-c3cc4ccccc4c4c3-c3ccccc3C4(c3ccccc3)c3ccccc3)c3ccccc23)c2cccc3c2sc2ccccc23)cc1. The summed E-state index contributed by atoms with van der Waals surface area (Å²) in [5.41, 5.74) is 13.2. The first-order chi connectivity index (χ1) is 29.3. The minimum absolute atomic E-state index is 0.521. The van der Waals surface area contributed by atoms with E-state index in [9.17, 15) is 0 Å². The smallest absolute Gasteiger partial charge is 0.0719 e. The van der Waals surface area contributed by atoms with E-state index in [1.165, 1.54) is 91.9 Å². The molecule has 11 aromatic rings. The molecule has 276 valence electrons. The van der Waals surface area contributed by atoms with Crippen LogP contribution in [0, 0.1) is 0 Å². The van der Waals surface area contributed by atoms with Crippen LogP contribution in [-0.4, -0.2) is 0 Å². The van der Waals surface area contributed by atoms with Gasteiger partial charge in [-0.3, -0.25) is 0 Å². The van der Waals surface area contributed by atoms with Crippen molar-refractivity contribution in [1.82, 2.24) is 0 Å². The first-order valence-corrected chi connectivity index (χ1v) is 21.2. The highest BCUT2D eigenvalue weighted by molar-refractivity contribution is 7.26. The molecule has 1 aliphatic carbocycles. The van der Waals surface area contributed by atoms with Gasteiger partial charge in [0.25, 0.3) is 0 Å². The average Bonchev–Trinajstić information content (AvgIpc) is 3.85. The van der Waals surface area contributed by atoms with E-state index in [0.717, 1.165) is 11.4 Å². The van der Waals surface area contributed by atoms with Crippen molar-refractivity contribution >= 4 is 70.1 Å². The number of para-hydroxylation sites is 1. The molecule has 1 aromatic heterocycles. The molecule has 1 aliphatic rings. The normalized spacial score (nSPS) is 12.9. The zero-order chi connectivity index (χ0) is 38.9. The van der Waals surface area contributed by atoms with E-state index in [1.807, 2.05) is 11.3 Å². The van der Waals surface area contributed by atoms with Gasteiger partial charge in [0.1, 0.15) is 0 Å². The van der Waals surface area contributed by atoms with Crippen LogP contribution in [0.2, 0.25) is 0 Å². The zero-order valence-electron chi connectivity index (χ0n) is 32.2. The number of rotatable bonds is 6. The largest absolute Gasteiger partial charge is 0.308 e. The van der Waals surface area contributed by atoms with Crippen LogP contribution in [0.4, 0.5) is 17.1 Å². The highest BCUT2D eigenvalue weighted by Crippen LogP contribution is 2.61. The van der Waals surface area contributed by atoms with E-state index in [1.54, 1.807) is 0 Å². The van der Waals surface area contributed by atoms with Crippen molar-refractivity contribution in [3.63, 3.8) is 0 Å². The Morgan fingerprint density at radius 3 is 1.73 bits per heavy atom. The Bertz CT molecular complexity index is 3340. The number of hydrogen-bond acceptors (Lipinski definition) is 2. The van der Waals surface area contributed by atoms with Crippen molar-refractivity contribution in [3.8, 4) is 22.3 Å². The van der Waals surface area contributed by atoms with E-state index in [4.69, 9.17) is 0 Å². The molecular weight excluding hydrogens is 731 g/mol. The van der Waals surface area contributed by atoms with E-state index >= 15 is 0 Å². The third kappa shape index (κ3) is 4.97. The van der Waals surface area contributed by atoms with Crippen LogP contribution in [0.1, 0.15) is 22.3 Å². The van der Waals surface area contributed by atoms with E-state index in [-0.39, 0.29) is 0 Å². The first-order valence-electron chi connectivity index (χ1n) is 20.4. The summed E-state index contributed by atoms with van der Waals surface area (Å²) in [4.78, 5) is 2.47. The second-order valence-corrected chi connectivity index (χ2v) is 16.6. The van der Waals surface area contributed by atoms with Gasteiger partial charge in [-0.25, -0.2) is 0 Å². The van der Waals surface area contributed by atoms with Gasteiger partial charge in [0.15, 0.2) is 0 Å². The van der Waals surface area contributed by atoms with Crippen molar-refractivity contribution in [2.75, 3.05) is 4.90 Å². The molecular formula is C57H37NS. The second-order valence-electron chi connectivity index (χ2n) is 15.5. The van der Waals surface area contributed by atoms with Crippen LogP contribution < -0.4 is 4.90 Å². The maximum absolute atomic E-state index is 2.47. The lowest BCUT2D eigenvalue weighted by Gasteiger charge is -2.35. The minimum Gasteiger partial charge on any atom is -0.308 e. The number of nitrogens with zero attached hydrogens (tertiary/aromatic N) is 1. The molecule has 0 aliphatic heterocycles. The molecule has 0 unspecified atom stereocenters. The summed E-state index contributed by atoms with van der Waals surface area (Å²) in [5, 5.41) is 7.54. The van der Waals surface area contributed by atoms with Gasteiger partial charge in [0.2, 0.25) is 0 Å². The molecule has 0 spiro atoms. The topological polar surface area (TPSA) is 3.24 Å². The quantitative estimate of drug-likeness (QED) is 0.163. The number of fused-ring (bicyclic) bond motifs is 9. The van der Waals surface area contributed by atoms with Crippen LogP contribution in [0.3, 0.4) is 0 Å². The highest BCUT2D eigenvalue weighted by Gasteiger charge is 2.48. The summed E-state index contributed by atoms with van der Waals surface area (Å²) < 4.78 is 2.59. The third-order valence-electron chi connectivity index (χ3n) is 12.5. The fourth-order valence-electron chi connectivity index (χ4n) is 10.1. The van der Waals surface area contributed by atoms with E-state index in [2.05, 4.69) is 229 Å². The Hall–Kier alpha value is -7.26. The molecule has 0 N–H and O–H groups in total. The maximum Gasteiger partial charge on any atom is 0.0719 e. The van der Waals surface area contributed by atoms with Crippen molar-refractivity contribution < 1.29 is 0 Å². The Balaban J connectivity index is 1.17. The third-order valence-corrected chi connectivity index (χ3v) is 13.7. The number of benzene rings is 10. The second kappa shape index (κ2) is 13.4. The van der Waals surface area contributed by atoms with Gasteiger partial charge in [-0.2, -0.15) is 0 Å². The summed E-state index contributed by atoms with van der Waals surface area (Å²) in [6.45, 7) is 0. The molecule has 10 aromatic carbocycles. The van der Waals surface area contributed by atoms with Gasteiger partial charge in [0, 0.05) is 26.5 Å². The van der Waals surface area contributed by atoms with Crippen molar-refractivity contribution in [3.05, 3.63) is 247 Å². The summed E-state index contributed by atoms with van der Waals surface area (Å²) in [7, 11) is 0. The van der Waals surface area contributed by atoms with Gasteiger partial charge in [-0.05, 0) is 97.1 Å². The molecule has 1 nitrogen and oxygen atoms in total. The zero-order valence-corrected chi connectivity index (χ0v) is 33.0.